The highest BCUT2D eigenvalue weighted by atomic mass is 16.5. The van der Waals surface area contributed by atoms with Gasteiger partial charge in [-0.15, -0.1) is 0 Å². The molecule has 1 fully saturated rings. The molecule has 0 saturated carbocycles. The zero-order valence-electron chi connectivity index (χ0n) is 18.2. The van der Waals surface area contributed by atoms with Crippen molar-refractivity contribution in [1.82, 2.24) is 9.47 Å². The highest BCUT2D eigenvalue weighted by Crippen LogP contribution is 2.27. The predicted octanol–water partition coefficient (Wildman–Crippen LogP) is 3.45. The molecule has 0 bridgehead atoms. The minimum Gasteiger partial charge on any atom is -0.494 e. The Morgan fingerprint density at radius 3 is 2.61 bits per heavy atom. The monoisotopic (exact) mass is 419 g/mol. The van der Waals surface area contributed by atoms with Crippen LogP contribution < -0.4 is 5.56 Å². The van der Waals surface area contributed by atoms with Gasteiger partial charge < -0.3 is 9.84 Å². The number of nitrogens with zero attached hydrogens (tertiary/aromatic N) is 3. The van der Waals surface area contributed by atoms with E-state index >= 15 is 0 Å². The SMILES string of the molecule is Cc1ccc(C)c(-n2c(O)c(C=NCCCN3CCOCC3)c3ccccc3c2=O)c1. The number of aromatic nitrogens is 1. The van der Waals surface area contributed by atoms with Gasteiger partial charge in [0, 0.05) is 43.2 Å². The van der Waals surface area contributed by atoms with Gasteiger partial charge in [0.25, 0.3) is 5.56 Å². The van der Waals surface area contributed by atoms with Crippen LogP contribution >= 0.6 is 0 Å². The van der Waals surface area contributed by atoms with Gasteiger partial charge in [-0.3, -0.25) is 14.7 Å². The maximum Gasteiger partial charge on any atom is 0.265 e. The summed E-state index contributed by atoms with van der Waals surface area (Å²) in [6.45, 7) is 9.08. The van der Waals surface area contributed by atoms with Crippen LogP contribution in [0.15, 0.2) is 52.3 Å². The highest BCUT2D eigenvalue weighted by molar-refractivity contribution is 6.01. The standard InChI is InChI=1S/C25H29N3O3/c1-18-8-9-19(2)23(16-18)28-24(29)21-7-4-3-6-20(21)22(25(28)30)17-26-10-5-11-27-12-14-31-15-13-27/h3-4,6-9,16-17,30H,5,10-15H2,1-2H3. The van der Waals surface area contributed by atoms with Crippen LogP contribution in [0.3, 0.4) is 0 Å². The van der Waals surface area contributed by atoms with Gasteiger partial charge in [0.05, 0.1) is 24.5 Å². The average molecular weight is 420 g/mol. The Hall–Kier alpha value is -2.96. The van der Waals surface area contributed by atoms with Crippen molar-refractivity contribution < 1.29 is 9.84 Å². The van der Waals surface area contributed by atoms with E-state index in [4.69, 9.17) is 4.74 Å². The molecular formula is C25H29N3O3. The number of aliphatic imine (C=N–C) groups is 1. The molecule has 1 saturated heterocycles. The van der Waals surface area contributed by atoms with E-state index in [1.54, 1.807) is 12.3 Å². The number of aryl methyl sites for hydroxylation is 2. The summed E-state index contributed by atoms with van der Waals surface area (Å²) in [5.41, 5.74) is 2.98. The van der Waals surface area contributed by atoms with Crippen LogP contribution in [0.5, 0.6) is 5.88 Å². The van der Waals surface area contributed by atoms with Crippen LogP contribution in [-0.4, -0.2) is 60.2 Å². The molecule has 1 aliphatic heterocycles. The smallest absolute Gasteiger partial charge is 0.265 e. The van der Waals surface area contributed by atoms with E-state index < -0.39 is 0 Å². The minimum absolute atomic E-state index is 0.0747. The summed E-state index contributed by atoms with van der Waals surface area (Å²) in [6, 6.07) is 13.3. The topological polar surface area (TPSA) is 67.1 Å². The van der Waals surface area contributed by atoms with Crippen molar-refractivity contribution in [2.75, 3.05) is 39.4 Å². The fourth-order valence-corrected chi connectivity index (χ4v) is 4.04. The first kappa shape index (κ1) is 21.3. The van der Waals surface area contributed by atoms with Gasteiger partial charge in [0.2, 0.25) is 5.88 Å². The van der Waals surface area contributed by atoms with E-state index in [9.17, 15) is 9.90 Å². The second kappa shape index (κ2) is 9.45. The molecule has 1 N–H and O–H groups in total. The van der Waals surface area contributed by atoms with Crippen LogP contribution in [-0.2, 0) is 4.74 Å². The zero-order chi connectivity index (χ0) is 21.8. The number of fused-ring (bicyclic) bond motifs is 1. The van der Waals surface area contributed by atoms with Crippen LogP contribution in [0.1, 0.15) is 23.1 Å². The van der Waals surface area contributed by atoms with Crippen LogP contribution in [0.4, 0.5) is 0 Å². The molecule has 0 amide bonds. The third-order valence-corrected chi connectivity index (χ3v) is 5.79. The molecule has 0 aliphatic carbocycles. The van der Waals surface area contributed by atoms with Crippen molar-refractivity contribution in [2.24, 2.45) is 4.99 Å². The molecule has 2 aromatic carbocycles. The van der Waals surface area contributed by atoms with Gasteiger partial charge in [-0.2, -0.15) is 0 Å². The molecule has 1 aromatic heterocycles. The van der Waals surface area contributed by atoms with Crippen molar-refractivity contribution in [2.45, 2.75) is 20.3 Å². The lowest BCUT2D eigenvalue weighted by atomic mass is 10.1. The molecule has 0 atom stereocenters. The Morgan fingerprint density at radius 1 is 1.10 bits per heavy atom. The first-order valence-corrected chi connectivity index (χ1v) is 10.8. The fourth-order valence-electron chi connectivity index (χ4n) is 4.04. The predicted molar refractivity (Wildman–Crippen MR) is 125 cm³/mol. The highest BCUT2D eigenvalue weighted by Gasteiger charge is 2.17. The first-order valence-electron chi connectivity index (χ1n) is 10.8. The molecule has 31 heavy (non-hydrogen) atoms. The maximum absolute atomic E-state index is 13.3. The molecule has 4 rings (SSSR count). The normalized spacial score (nSPS) is 15.2. The number of pyridine rings is 1. The van der Waals surface area contributed by atoms with Gasteiger partial charge in [-0.05, 0) is 43.5 Å². The zero-order valence-corrected chi connectivity index (χ0v) is 18.2. The molecule has 6 nitrogen and oxygen atoms in total. The molecule has 0 radical (unpaired) electrons. The van der Waals surface area contributed by atoms with Crippen molar-refractivity contribution in [1.29, 1.82) is 0 Å². The number of rotatable bonds is 6. The Balaban J connectivity index is 1.67. The van der Waals surface area contributed by atoms with Gasteiger partial charge in [0.15, 0.2) is 0 Å². The molecule has 162 valence electrons. The Labute approximate surface area is 182 Å². The van der Waals surface area contributed by atoms with Gasteiger partial charge in [-0.25, -0.2) is 4.57 Å². The largest absolute Gasteiger partial charge is 0.494 e. The summed E-state index contributed by atoms with van der Waals surface area (Å²) in [6.07, 6.45) is 2.64. The van der Waals surface area contributed by atoms with E-state index in [0.717, 1.165) is 50.4 Å². The van der Waals surface area contributed by atoms with E-state index in [-0.39, 0.29) is 11.4 Å². The number of hydrogen-bond acceptors (Lipinski definition) is 5. The van der Waals surface area contributed by atoms with Gasteiger partial charge in [-0.1, -0.05) is 30.3 Å². The third-order valence-electron chi connectivity index (χ3n) is 5.79. The molecule has 0 unspecified atom stereocenters. The lowest BCUT2D eigenvalue weighted by Gasteiger charge is -2.26. The Bertz CT molecular complexity index is 1160. The lowest BCUT2D eigenvalue weighted by molar-refractivity contribution is 0.0377. The molecule has 2 heterocycles. The number of morpholine rings is 1. The Kier molecular flexibility index (Phi) is 6.49. The quantitative estimate of drug-likeness (QED) is 0.491. The fraction of sp³-hybridized carbons (Fsp3) is 0.360. The average Bonchev–Trinajstić information content (AvgIpc) is 2.78. The van der Waals surface area contributed by atoms with Crippen LogP contribution in [0.2, 0.25) is 0 Å². The van der Waals surface area contributed by atoms with Gasteiger partial charge >= 0.3 is 0 Å². The molecule has 3 aromatic rings. The van der Waals surface area contributed by atoms with Crippen molar-refractivity contribution in [3.8, 4) is 11.6 Å². The maximum atomic E-state index is 13.3. The first-order chi connectivity index (χ1) is 15.1. The summed E-state index contributed by atoms with van der Waals surface area (Å²) in [4.78, 5) is 20.2. The van der Waals surface area contributed by atoms with E-state index in [1.165, 1.54) is 4.57 Å². The number of aromatic hydroxyl groups is 1. The van der Waals surface area contributed by atoms with Gasteiger partial charge in [0.1, 0.15) is 0 Å². The Morgan fingerprint density at radius 2 is 1.84 bits per heavy atom. The lowest BCUT2D eigenvalue weighted by Crippen LogP contribution is -2.37. The van der Waals surface area contributed by atoms with Crippen LogP contribution in [0, 0.1) is 13.8 Å². The number of ether oxygens (including phenoxy) is 1. The minimum atomic E-state index is -0.230. The van der Waals surface area contributed by atoms with E-state index in [2.05, 4.69) is 9.89 Å². The molecular weight excluding hydrogens is 390 g/mol. The van der Waals surface area contributed by atoms with Crippen molar-refractivity contribution in [3.63, 3.8) is 0 Å². The summed E-state index contributed by atoms with van der Waals surface area (Å²) >= 11 is 0. The van der Waals surface area contributed by atoms with E-state index in [1.807, 2.05) is 50.2 Å². The molecule has 0 spiro atoms. The van der Waals surface area contributed by atoms with E-state index in [0.29, 0.717) is 28.6 Å². The summed E-state index contributed by atoms with van der Waals surface area (Å²) in [7, 11) is 0. The second-order valence-corrected chi connectivity index (χ2v) is 8.06. The molecule has 6 heteroatoms. The summed E-state index contributed by atoms with van der Waals surface area (Å²) in [5, 5.41) is 12.4. The van der Waals surface area contributed by atoms with Crippen LogP contribution in [0.25, 0.3) is 16.5 Å². The third kappa shape index (κ3) is 4.55. The van der Waals surface area contributed by atoms with Crippen molar-refractivity contribution >= 4 is 17.0 Å². The number of benzene rings is 2. The number of hydrogen-bond donors (Lipinski definition) is 1. The molecule has 1 aliphatic rings. The second-order valence-electron chi connectivity index (χ2n) is 8.06. The summed E-state index contributed by atoms with van der Waals surface area (Å²) < 4.78 is 6.79. The van der Waals surface area contributed by atoms with Crippen molar-refractivity contribution in [3.05, 3.63) is 69.5 Å². The summed E-state index contributed by atoms with van der Waals surface area (Å²) in [5.74, 6) is -0.0747.